The molecule has 52 heavy (non-hydrogen) atoms. The number of amides is 2. The number of aryl methyl sites for hydroxylation is 1. The minimum Gasteiger partial charge on any atom is -0.454 e. The average Bonchev–Trinajstić information content (AvgIpc) is 3.76. The van der Waals surface area contributed by atoms with Crippen LogP contribution in [-0.4, -0.2) is 60.1 Å². The third-order valence-electron chi connectivity index (χ3n) is 10.9. The maximum atomic E-state index is 16.5. The van der Waals surface area contributed by atoms with E-state index in [1.807, 2.05) is 92.0 Å². The second-order valence-electron chi connectivity index (χ2n) is 14.4. The first kappa shape index (κ1) is 33.9. The van der Waals surface area contributed by atoms with Crippen molar-refractivity contribution >= 4 is 37.3 Å². The van der Waals surface area contributed by atoms with Crippen LogP contribution in [-0.2, 0) is 21.7 Å². The van der Waals surface area contributed by atoms with Gasteiger partial charge in [0.15, 0.2) is 11.4 Å². The highest BCUT2D eigenvalue weighted by molar-refractivity contribution is 6.72. The number of hydrogen-bond acceptors (Lipinski definition) is 7. The lowest BCUT2D eigenvalue weighted by Crippen LogP contribution is -2.44. The average molecular weight is 718 g/mol. The fourth-order valence-corrected chi connectivity index (χ4v) is 11.1. The highest BCUT2D eigenvalue weighted by Crippen LogP contribution is 2.60. The van der Waals surface area contributed by atoms with Crippen LogP contribution in [0.1, 0.15) is 46.4 Å². The molecule has 0 bridgehead atoms. The molecular weight excluding hydrogens is 678 g/mol. The molecule has 4 heterocycles. The van der Waals surface area contributed by atoms with Gasteiger partial charge in [-0.25, -0.2) is 0 Å². The summed E-state index contributed by atoms with van der Waals surface area (Å²) >= 11 is 0. The largest absolute Gasteiger partial charge is 0.454 e. The number of anilines is 3. The van der Waals surface area contributed by atoms with Gasteiger partial charge >= 0.3 is 0 Å². The number of aliphatic hydroxyl groups is 1. The van der Waals surface area contributed by atoms with E-state index < -0.39 is 31.6 Å². The molecule has 0 saturated carbocycles. The highest BCUT2D eigenvalue weighted by atomic mass is 28.4. The van der Waals surface area contributed by atoms with Gasteiger partial charge in [-0.2, -0.15) is 0 Å². The molecule has 1 fully saturated rings. The lowest BCUT2D eigenvalue weighted by atomic mass is 9.82. The van der Waals surface area contributed by atoms with Crippen molar-refractivity contribution in [3.63, 3.8) is 0 Å². The molecule has 8 rings (SSSR count). The number of aliphatic hydroxyl groups excluding tert-OH is 1. The molecule has 5 atom stereocenters. The number of carbonyl (C=O) groups is 2. The first-order chi connectivity index (χ1) is 25.0. The molecule has 1 aromatic heterocycles. The molecule has 3 aliphatic heterocycles. The molecule has 3 aliphatic rings. The smallest absolute Gasteiger partial charge is 0.266 e. The Balaban J connectivity index is 1.15. The van der Waals surface area contributed by atoms with E-state index in [1.54, 1.807) is 52.8 Å². The quantitative estimate of drug-likeness (QED) is 0.132. The fraction of sp³-hybridized carbons (Fsp3) is 0.300. The third kappa shape index (κ3) is 5.35. The maximum absolute atomic E-state index is 16.5. The van der Waals surface area contributed by atoms with Gasteiger partial charge in [0.2, 0.25) is 8.41 Å². The number of ether oxygens (including phenoxy) is 2. The van der Waals surface area contributed by atoms with Gasteiger partial charge < -0.3 is 23.6 Å². The predicted octanol–water partition coefficient (Wildman–Crippen LogP) is 7.33. The zero-order valence-corrected chi connectivity index (χ0v) is 30.4. The number of fused-ring (bicyclic) bond motifs is 4. The molecule has 0 radical (unpaired) electrons. The summed E-state index contributed by atoms with van der Waals surface area (Å²) in [6, 6.07) is 29.6. The maximum Gasteiger partial charge on any atom is 0.266 e. The second kappa shape index (κ2) is 12.8. The molecule has 0 aliphatic carbocycles. The zero-order valence-electron chi connectivity index (χ0n) is 29.4. The molecular formula is C40H40FN5O5Si. The minimum absolute atomic E-state index is 0.122. The van der Waals surface area contributed by atoms with Gasteiger partial charge in [-0.05, 0) is 67.5 Å². The topological polar surface area (TPSA) is 110 Å². The summed E-state index contributed by atoms with van der Waals surface area (Å²) < 4.78 is 31.3. The number of halogens is 1. The number of benzene rings is 4. The van der Waals surface area contributed by atoms with Crippen LogP contribution < -0.4 is 14.5 Å². The molecule has 4 aromatic carbocycles. The number of para-hydroxylation sites is 3. The third-order valence-corrected chi connectivity index (χ3v) is 13.4. The van der Waals surface area contributed by atoms with E-state index in [0.717, 1.165) is 5.56 Å². The first-order valence-corrected chi connectivity index (χ1v) is 20.5. The number of carbonyl (C=O) groups excluding carboxylic acids is 2. The summed E-state index contributed by atoms with van der Waals surface area (Å²) in [4.78, 5) is 31.9. The summed E-state index contributed by atoms with van der Waals surface area (Å²) in [5.41, 5.74) is 2.36. The van der Waals surface area contributed by atoms with Crippen LogP contribution in [0.15, 0.2) is 103 Å². The van der Waals surface area contributed by atoms with Crippen molar-refractivity contribution in [1.29, 1.82) is 0 Å². The van der Waals surface area contributed by atoms with E-state index in [4.69, 9.17) is 9.47 Å². The van der Waals surface area contributed by atoms with Crippen molar-refractivity contribution in [2.24, 2.45) is 5.92 Å². The fourth-order valence-electron chi connectivity index (χ4n) is 8.51. The Labute approximate surface area is 302 Å². The van der Waals surface area contributed by atoms with Crippen molar-refractivity contribution < 1.29 is 28.3 Å². The molecule has 1 spiro atoms. The Morgan fingerprint density at radius 2 is 1.65 bits per heavy atom. The van der Waals surface area contributed by atoms with Gasteiger partial charge in [-0.3, -0.25) is 19.2 Å². The standard InChI is InChI=1S/C40H40FN5O5Si/c1-25-37(52(3,4)41)36(20-21-45-23-31(42-43-45)29(24-47)26-12-6-5-7-13-26)51-40(25)30-22-27(18-19-32(30)44(2)39(40)49)46-33-15-9-11-17-35(33)50-34-16-10-8-14-28(34)38(46)48/h5-19,22-23,25,29,36-37,47H,20-21,24H2,1-4H3/t25-,29?,36+,37-,40+/m0/s1. The van der Waals surface area contributed by atoms with Crippen LogP contribution in [0.3, 0.4) is 0 Å². The zero-order chi connectivity index (χ0) is 36.4. The molecule has 10 nitrogen and oxygen atoms in total. The van der Waals surface area contributed by atoms with Crippen LogP contribution in [0.2, 0.25) is 18.6 Å². The van der Waals surface area contributed by atoms with E-state index in [2.05, 4.69) is 10.3 Å². The molecule has 12 heteroatoms. The van der Waals surface area contributed by atoms with Crippen molar-refractivity contribution in [2.75, 3.05) is 23.5 Å². The van der Waals surface area contributed by atoms with E-state index in [9.17, 15) is 14.7 Å². The van der Waals surface area contributed by atoms with Crippen LogP contribution in [0.4, 0.5) is 21.2 Å². The lowest BCUT2D eigenvalue weighted by molar-refractivity contribution is -0.145. The Bertz CT molecular complexity index is 2170. The van der Waals surface area contributed by atoms with E-state index in [-0.39, 0.29) is 24.3 Å². The van der Waals surface area contributed by atoms with Crippen molar-refractivity contribution in [2.45, 2.75) is 56.1 Å². The van der Waals surface area contributed by atoms with E-state index in [0.29, 0.717) is 58.3 Å². The van der Waals surface area contributed by atoms with Crippen LogP contribution in [0.25, 0.3) is 0 Å². The molecule has 1 saturated heterocycles. The van der Waals surface area contributed by atoms with Gasteiger partial charge in [-0.1, -0.05) is 66.7 Å². The van der Waals surface area contributed by atoms with Crippen molar-refractivity contribution in [3.05, 3.63) is 126 Å². The van der Waals surface area contributed by atoms with Crippen LogP contribution >= 0.6 is 0 Å². The molecule has 5 aromatic rings. The monoisotopic (exact) mass is 717 g/mol. The SMILES string of the molecule is C[C@H]1[C@H]([Si](C)(C)F)[C@@H](CCn2cc(C(CO)c3ccccc3)nn2)O[C@]12C(=O)N(C)c1ccc(N3C(=O)c4ccccc4Oc4ccccc43)cc12. The summed E-state index contributed by atoms with van der Waals surface area (Å²) in [5, 5.41) is 18.9. The molecule has 1 N–H and O–H groups in total. The Morgan fingerprint density at radius 1 is 0.942 bits per heavy atom. The van der Waals surface area contributed by atoms with Gasteiger partial charge in [-0.15, -0.1) is 5.10 Å². The van der Waals surface area contributed by atoms with Gasteiger partial charge in [0, 0.05) is 42.5 Å². The number of rotatable bonds is 8. The normalized spacial score (nSPS) is 22.9. The Morgan fingerprint density at radius 3 is 2.40 bits per heavy atom. The second-order valence-corrected chi connectivity index (χ2v) is 18.2. The van der Waals surface area contributed by atoms with Crippen molar-refractivity contribution in [3.8, 4) is 11.5 Å². The number of aromatic nitrogens is 3. The summed E-state index contributed by atoms with van der Waals surface area (Å²) in [7, 11) is -1.71. The van der Waals surface area contributed by atoms with E-state index in [1.165, 1.54) is 0 Å². The number of hydrogen-bond donors (Lipinski definition) is 1. The van der Waals surface area contributed by atoms with Gasteiger partial charge in [0.1, 0.15) is 5.75 Å². The van der Waals surface area contributed by atoms with Gasteiger partial charge in [0.05, 0.1) is 41.3 Å². The summed E-state index contributed by atoms with van der Waals surface area (Å²) in [6.07, 6.45) is 1.61. The number of nitrogens with zero attached hydrogens (tertiary/aromatic N) is 5. The highest BCUT2D eigenvalue weighted by Gasteiger charge is 2.66. The first-order valence-electron chi connectivity index (χ1n) is 17.6. The predicted molar refractivity (Wildman–Crippen MR) is 197 cm³/mol. The Hall–Kier alpha value is -5.17. The van der Waals surface area contributed by atoms with Gasteiger partial charge in [0.25, 0.3) is 11.8 Å². The van der Waals surface area contributed by atoms with Crippen LogP contribution in [0.5, 0.6) is 11.5 Å². The van der Waals surface area contributed by atoms with Crippen LogP contribution in [0, 0.1) is 5.92 Å². The lowest BCUT2D eigenvalue weighted by Gasteiger charge is -2.31. The molecule has 1 unspecified atom stereocenters. The van der Waals surface area contributed by atoms with E-state index >= 15 is 4.11 Å². The summed E-state index contributed by atoms with van der Waals surface area (Å²) in [5.74, 6) is -0.393. The molecule has 2 amide bonds. The Kier molecular flexibility index (Phi) is 8.35. The van der Waals surface area contributed by atoms with Crippen molar-refractivity contribution in [1.82, 2.24) is 15.0 Å². The minimum atomic E-state index is -3.42. The molecule has 266 valence electrons. The summed E-state index contributed by atoms with van der Waals surface area (Å²) in [6.45, 7) is 5.52. The number of likely N-dealkylation sites (N-methyl/N-ethyl adjacent to an activating group) is 1.